The Kier molecular flexibility index (Phi) is 4.34. The summed E-state index contributed by atoms with van der Waals surface area (Å²) in [5.74, 6) is -0.346. The summed E-state index contributed by atoms with van der Waals surface area (Å²) in [6, 6.07) is 4.38. The predicted octanol–water partition coefficient (Wildman–Crippen LogP) is 2.60. The quantitative estimate of drug-likeness (QED) is 0.814. The third kappa shape index (κ3) is 2.96. The van der Waals surface area contributed by atoms with Crippen LogP contribution in [0.15, 0.2) is 18.2 Å². The van der Waals surface area contributed by atoms with Crippen molar-refractivity contribution < 1.29 is 13.9 Å². The van der Waals surface area contributed by atoms with Crippen LogP contribution in [0.3, 0.4) is 0 Å². The molecule has 0 unspecified atom stereocenters. The highest BCUT2D eigenvalue weighted by Gasteiger charge is 2.18. The lowest BCUT2D eigenvalue weighted by molar-refractivity contribution is 0.0506. The van der Waals surface area contributed by atoms with Crippen molar-refractivity contribution in [1.82, 2.24) is 14.8 Å². The summed E-state index contributed by atoms with van der Waals surface area (Å²) < 4.78 is 19.6. The van der Waals surface area contributed by atoms with Crippen molar-refractivity contribution in [3.05, 3.63) is 46.3 Å². The van der Waals surface area contributed by atoms with Crippen LogP contribution in [-0.4, -0.2) is 27.3 Å². The normalized spacial score (nSPS) is 10.6. The van der Waals surface area contributed by atoms with Gasteiger partial charge in [-0.3, -0.25) is 0 Å². The topological polar surface area (TPSA) is 57.0 Å². The second-order valence-corrected chi connectivity index (χ2v) is 4.53. The first-order chi connectivity index (χ1) is 9.52. The van der Waals surface area contributed by atoms with Gasteiger partial charge in [-0.2, -0.15) is 0 Å². The molecule has 5 nitrogen and oxygen atoms in total. The Morgan fingerprint density at radius 1 is 1.45 bits per heavy atom. The molecule has 0 N–H and O–H groups in total. The van der Waals surface area contributed by atoms with E-state index in [4.69, 9.17) is 16.3 Å². The predicted molar refractivity (Wildman–Crippen MR) is 71.2 cm³/mol. The van der Waals surface area contributed by atoms with Crippen molar-refractivity contribution in [2.45, 2.75) is 20.4 Å². The number of carbonyl (C=O) groups excluding carboxylic acids is 1. The molecule has 0 fully saturated rings. The van der Waals surface area contributed by atoms with Gasteiger partial charge in [0.2, 0.25) is 5.82 Å². The van der Waals surface area contributed by atoms with E-state index in [-0.39, 0.29) is 17.5 Å². The summed E-state index contributed by atoms with van der Waals surface area (Å²) in [6.07, 6.45) is 0. The van der Waals surface area contributed by atoms with Gasteiger partial charge in [-0.1, -0.05) is 17.7 Å². The van der Waals surface area contributed by atoms with Crippen LogP contribution in [0.4, 0.5) is 4.39 Å². The van der Waals surface area contributed by atoms with Gasteiger partial charge in [0.15, 0.2) is 0 Å². The summed E-state index contributed by atoms with van der Waals surface area (Å²) in [5.41, 5.74) is 0.741. The van der Waals surface area contributed by atoms with E-state index in [1.165, 1.54) is 12.1 Å². The number of nitrogens with zero attached hydrogens (tertiary/aromatic N) is 3. The molecule has 7 heteroatoms. The van der Waals surface area contributed by atoms with Crippen molar-refractivity contribution in [1.29, 1.82) is 0 Å². The molecule has 0 saturated heterocycles. The summed E-state index contributed by atoms with van der Waals surface area (Å²) in [7, 11) is 0. The molecule has 1 aromatic heterocycles. The van der Waals surface area contributed by atoms with Crippen LogP contribution in [-0.2, 0) is 11.3 Å². The van der Waals surface area contributed by atoms with Gasteiger partial charge >= 0.3 is 5.97 Å². The summed E-state index contributed by atoms with van der Waals surface area (Å²) in [6.45, 7) is 4.01. The molecule has 20 heavy (non-hydrogen) atoms. The van der Waals surface area contributed by atoms with Gasteiger partial charge < -0.3 is 9.30 Å². The molecule has 0 atom stereocenters. The Hall–Kier alpha value is -1.95. The first-order valence-corrected chi connectivity index (χ1v) is 6.41. The highest BCUT2D eigenvalue weighted by atomic mass is 35.5. The summed E-state index contributed by atoms with van der Waals surface area (Å²) in [4.78, 5) is 11.8. The fraction of sp³-hybridized carbons (Fsp3) is 0.308. The fourth-order valence-electron chi connectivity index (χ4n) is 1.74. The van der Waals surface area contributed by atoms with Gasteiger partial charge in [-0.15, -0.1) is 10.2 Å². The molecule has 0 bridgehead atoms. The largest absolute Gasteiger partial charge is 0.460 e. The Morgan fingerprint density at radius 2 is 2.20 bits per heavy atom. The Labute approximate surface area is 120 Å². The zero-order valence-electron chi connectivity index (χ0n) is 11.1. The van der Waals surface area contributed by atoms with Crippen LogP contribution >= 0.6 is 11.6 Å². The van der Waals surface area contributed by atoms with Crippen LogP contribution in [0.1, 0.15) is 28.9 Å². The first kappa shape index (κ1) is 14.5. The number of halogens is 2. The van der Waals surface area contributed by atoms with Gasteiger partial charge in [0.1, 0.15) is 11.6 Å². The minimum Gasteiger partial charge on any atom is -0.460 e. The van der Waals surface area contributed by atoms with Gasteiger partial charge in [0, 0.05) is 0 Å². The number of aromatic nitrogens is 3. The number of rotatable bonds is 4. The lowest BCUT2D eigenvalue weighted by Gasteiger charge is -2.08. The minimum atomic E-state index is -0.540. The molecule has 0 saturated carbocycles. The molecule has 1 aromatic carbocycles. The zero-order chi connectivity index (χ0) is 14.7. The van der Waals surface area contributed by atoms with Crippen molar-refractivity contribution in [3.63, 3.8) is 0 Å². The molecule has 1 heterocycles. The van der Waals surface area contributed by atoms with Gasteiger partial charge in [-0.25, -0.2) is 9.18 Å². The molecule has 2 aromatic rings. The third-order valence-corrected chi connectivity index (χ3v) is 3.01. The number of hydrogen-bond acceptors (Lipinski definition) is 4. The minimum absolute atomic E-state index is 0.0333. The molecule has 0 aliphatic rings. The molecule has 0 amide bonds. The molecule has 106 valence electrons. The van der Waals surface area contributed by atoms with E-state index in [1.54, 1.807) is 24.5 Å². The maximum Gasteiger partial charge on any atom is 0.376 e. The van der Waals surface area contributed by atoms with Gasteiger partial charge in [0.25, 0.3) is 0 Å². The van der Waals surface area contributed by atoms with Crippen molar-refractivity contribution >= 4 is 17.6 Å². The smallest absolute Gasteiger partial charge is 0.376 e. The Morgan fingerprint density at radius 3 is 2.85 bits per heavy atom. The number of ether oxygens (including phenoxy) is 1. The monoisotopic (exact) mass is 297 g/mol. The molecule has 0 radical (unpaired) electrons. The average Bonchev–Trinajstić information content (AvgIpc) is 2.76. The average molecular weight is 298 g/mol. The van der Waals surface area contributed by atoms with E-state index in [1.807, 2.05) is 0 Å². The van der Waals surface area contributed by atoms with E-state index >= 15 is 0 Å². The van der Waals surface area contributed by atoms with Crippen LogP contribution in [0.5, 0.6) is 0 Å². The lowest BCUT2D eigenvalue weighted by Crippen LogP contribution is -2.15. The lowest BCUT2D eigenvalue weighted by atomic mass is 10.2. The molecule has 0 aliphatic carbocycles. The maximum atomic E-state index is 13.1. The van der Waals surface area contributed by atoms with Gasteiger partial charge in [0.05, 0.1) is 18.2 Å². The third-order valence-electron chi connectivity index (χ3n) is 2.72. The van der Waals surface area contributed by atoms with Crippen molar-refractivity contribution in [2.24, 2.45) is 0 Å². The molecular formula is C13H13ClFN3O2. The van der Waals surface area contributed by atoms with E-state index in [2.05, 4.69) is 10.2 Å². The van der Waals surface area contributed by atoms with Crippen molar-refractivity contribution in [2.75, 3.05) is 6.61 Å². The summed E-state index contributed by atoms with van der Waals surface area (Å²) >= 11 is 5.74. The highest BCUT2D eigenvalue weighted by Crippen LogP contribution is 2.17. The maximum absolute atomic E-state index is 13.1. The molecular weight excluding hydrogens is 285 g/mol. The molecule has 0 spiro atoms. The summed E-state index contributed by atoms with van der Waals surface area (Å²) in [5, 5.41) is 7.70. The van der Waals surface area contributed by atoms with E-state index in [0.29, 0.717) is 12.4 Å². The number of hydrogen-bond donors (Lipinski definition) is 0. The van der Waals surface area contributed by atoms with Crippen LogP contribution in [0.25, 0.3) is 0 Å². The van der Waals surface area contributed by atoms with Crippen molar-refractivity contribution in [3.8, 4) is 0 Å². The van der Waals surface area contributed by atoms with Crippen LogP contribution in [0.2, 0.25) is 5.02 Å². The number of benzene rings is 1. The zero-order valence-corrected chi connectivity index (χ0v) is 11.8. The van der Waals surface area contributed by atoms with Crippen LogP contribution in [0, 0.1) is 12.7 Å². The number of esters is 1. The van der Waals surface area contributed by atoms with Crippen LogP contribution < -0.4 is 0 Å². The van der Waals surface area contributed by atoms with E-state index in [9.17, 15) is 9.18 Å². The first-order valence-electron chi connectivity index (χ1n) is 6.03. The van der Waals surface area contributed by atoms with E-state index in [0.717, 1.165) is 5.56 Å². The Balaban J connectivity index is 2.30. The highest BCUT2D eigenvalue weighted by molar-refractivity contribution is 6.30. The second-order valence-electron chi connectivity index (χ2n) is 4.13. The van der Waals surface area contributed by atoms with Gasteiger partial charge in [-0.05, 0) is 31.5 Å². The molecule has 0 aliphatic heterocycles. The standard InChI is InChI=1S/C13H13ClFN3O2/c1-3-20-13(19)12-17-16-8(2)18(12)7-9-4-5-11(15)10(14)6-9/h4-6H,3,7H2,1-2H3. The second kappa shape index (κ2) is 6.00. The number of carbonyl (C=O) groups is 1. The molecule has 2 rings (SSSR count). The fourth-order valence-corrected chi connectivity index (χ4v) is 1.94. The Bertz CT molecular complexity index is 643. The number of aryl methyl sites for hydroxylation is 1. The SMILES string of the molecule is CCOC(=O)c1nnc(C)n1Cc1ccc(F)c(Cl)c1. The van der Waals surface area contributed by atoms with E-state index < -0.39 is 11.8 Å².